The van der Waals surface area contributed by atoms with Gasteiger partial charge in [-0.25, -0.2) is 8.42 Å². The zero-order chi connectivity index (χ0) is 21.0. The number of morpholine rings is 1. The van der Waals surface area contributed by atoms with Gasteiger partial charge in [-0.2, -0.15) is 0 Å². The van der Waals surface area contributed by atoms with E-state index in [9.17, 15) is 13.2 Å². The summed E-state index contributed by atoms with van der Waals surface area (Å²) in [6.07, 6.45) is 1.30. The molecule has 2 N–H and O–H groups in total. The molecule has 10 heteroatoms. The van der Waals surface area contributed by atoms with E-state index < -0.39 is 9.84 Å². The van der Waals surface area contributed by atoms with Gasteiger partial charge in [0.05, 0.1) is 37.2 Å². The number of rotatable bonds is 7. The van der Waals surface area contributed by atoms with Crippen LogP contribution >= 0.6 is 11.8 Å². The van der Waals surface area contributed by atoms with Crippen LogP contribution in [-0.2, 0) is 25.8 Å². The fourth-order valence-corrected chi connectivity index (χ4v) is 7.52. The molecule has 2 atom stereocenters. The number of nitrogens with one attached hydrogen (secondary N) is 2. The fourth-order valence-electron chi connectivity index (χ4n) is 3.85. The summed E-state index contributed by atoms with van der Waals surface area (Å²) in [5.41, 5.74) is 1.84. The lowest BCUT2D eigenvalue weighted by Gasteiger charge is -2.26. The number of hydrogen-bond acceptors (Lipinski definition) is 8. The Balaban J connectivity index is 1.17. The van der Waals surface area contributed by atoms with Gasteiger partial charge < -0.3 is 15.4 Å². The lowest BCUT2D eigenvalue weighted by atomic mass is 10.1. The Hall–Kier alpha value is -1.62. The molecule has 4 rings (SSSR count). The Morgan fingerprint density at radius 2 is 1.97 bits per heavy atom. The second-order valence-electron chi connectivity index (χ2n) is 7.89. The largest absolute Gasteiger partial charge is 0.379 e. The number of sulfone groups is 1. The van der Waals surface area contributed by atoms with Gasteiger partial charge in [0.1, 0.15) is 0 Å². The molecule has 30 heavy (non-hydrogen) atoms. The lowest BCUT2D eigenvalue weighted by Crippen LogP contribution is -2.38. The SMILES string of the molecule is O=C(Cc1ccc(NC2=N[C@H]3CS(=O)(=O)C[C@@H]3S2)cc1)NCCCN1CCOCC1. The van der Waals surface area contributed by atoms with Crippen molar-refractivity contribution in [1.29, 1.82) is 0 Å². The lowest BCUT2D eigenvalue weighted by molar-refractivity contribution is -0.120. The number of carbonyl (C=O) groups is 1. The number of ether oxygens (including phenoxy) is 1. The van der Waals surface area contributed by atoms with Crippen molar-refractivity contribution in [3.63, 3.8) is 0 Å². The van der Waals surface area contributed by atoms with Crippen LogP contribution in [0.15, 0.2) is 29.3 Å². The maximum absolute atomic E-state index is 12.2. The van der Waals surface area contributed by atoms with Crippen molar-refractivity contribution in [3.8, 4) is 0 Å². The zero-order valence-corrected chi connectivity index (χ0v) is 18.5. The van der Waals surface area contributed by atoms with Crippen molar-refractivity contribution >= 4 is 38.4 Å². The number of anilines is 1. The third-order valence-corrected chi connectivity index (χ3v) is 8.61. The van der Waals surface area contributed by atoms with Crippen LogP contribution in [0.5, 0.6) is 0 Å². The minimum atomic E-state index is -2.93. The van der Waals surface area contributed by atoms with Crippen molar-refractivity contribution in [2.75, 3.05) is 56.2 Å². The maximum Gasteiger partial charge on any atom is 0.224 e. The molecule has 0 aliphatic carbocycles. The predicted molar refractivity (Wildman–Crippen MR) is 120 cm³/mol. The summed E-state index contributed by atoms with van der Waals surface area (Å²) >= 11 is 1.50. The molecule has 0 bridgehead atoms. The van der Waals surface area contributed by atoms with Crippen LogP contribution in [0.1, 0.15) is 12.0 Å². The minimum absolute atomic E-state index is 0.0300. The van der Waals surface area contributed by atoms with Gasteiger partial charge in [-0.3, -0.25) is 14.7 Å². The summed E-state index contributed by atoms with van der Waals surface area (Å²) in [7, 11) is -2.93. The van der Waals surface area contributed by atoms with E-state index in [4.69, 9.17) is 4.74 Å². The molecule has 8 nitrogen and oxygen atoms in total. The van der Waals surface area contributed by atoms with Crippen LogP contribution in [0.4, 0.5) is 5.69 Å². The first-order valence-electron chi connectivity index (χ1n) is 10.3. The average molecular weight is 453 g/mol. The molecule has 0 aromatic heterocycles. The maximum atomic E-state index is 12.2. The van der Waals surface area contributed by atoms with E-state index in [0.717, 1.165) is 55.7 Å². The van der Waals surface area contributed by atoms with E-state index in [1.807, 2.05) is 24.3 Å². The van der Waals surface area contributed by atoms with Gasteiger partial charge >= 0.3 is 0 Å². The third-order valence-electron chi connectivity index (χ3n) is 5.47. The highest BCUT2D eigenvalue weighted by Gasteiger charge is 2.42. The monoisotopic (exact) mass is 452 g/mol. The van der Waals surface area contributed by atoms with Crippen molar-refractivity contribution in [2.24, 2.45) is 4.99 Å². The van der Waals surface area contributed by atoms with Gasteiger partial charge in [-0.1, -0.05) is 23.9 Å². The van der Waals surface area contributed by atoms with Crippen LogP contribution in [0.25, 0.3) is 0 Å². The highest BCUT2D eigenvalue weighted by molar-refractivity contribution is 8.15. The summed E-state index contributed by atoms with van der Waals surface area (Å²) in [5, 5.41) is 7.04. The highest BCUT2D eigenvalue weighted by atomic mass is 32.2. The van der Waals surface area contributed by atoms with Crippen LogP contribution < -0.4 is 10.6 Å². The van der Waals surface area contributed by atoms with Crippen LogP contribution in [0.2, 0.25) is 0 Å². The number of amides is 1. The Kier molecular flexibility index (Phi) is 6.97. The van der Waals surface area contributed by atoms with Crippen LogP contribution in [-0.4, -0.2) is 86.6 Å². The third kappa shape index (κ3) is 5.96. The van der Waals surface area contributed by atoms with Gasteiger partial charge in [0, 0.05) is 30.6 Å². The number of fused-ring (bicyclic) bond motifs is 1. The highest BCUT2D eigenvalue weighted by Crippen LogP contribution is 2.34. The van der Waals surface area contributed by atoms with Crippen LogP contribution in [0, 0.1) is 0 Å². The molecular formula is C20H28N4O4S2. The van der Waals surface area contributed by atoms with Crippen molar-refractivity contribution < 1.29 is 17.9 Å². The number of aliphatic imine (C=N–C) groups is 1. The Morgan fingerprint density at radius 3 is 2.70 bits per heavy atom. The number of carbonyl (C=O) groups excluding carboxylic acids is 1. The number of benzene rings is 1. The summed E-state index contributed by atoms with van der Waals surface area (Å²) in [6.45, 7) is 5.21. The molecule has 0 spiro atoms. The minimum Gasteiger partial charge on any atom is -0.379 e. The molecule has 3 aliphatic heterocycles. The second-order valence-corrected chi connectivity index (χ2v) is 11.3. The van der Waals surface area contributed by atoms with Gasteiger partial charge in [0.25, 0.3) is 0 Å². The quantitative estimate of drug-likeness (QED) is 0.589. The van der Waals surface area contributed by atoms with E-state index in [0.29, 0.717) is 13.0 Å². The van der Waals surface area contributed by atoms with Crippen LogP contribution in [0.3, 0.4) is 0 Å². The topological polar surface area (TPSA) is 100 Å². The van der Waals surface area contributed by atoms with E-state index in [1.54, 1.807) is 0 Å². The van der Waals surface area contributed by atoms with E-state index >= 15 is 0 Å². The summed E-state index contributed by atoms with van der Waals surface area (Å²) in [6, 6.07) is 7.58. The van der Waals surface area contributed by atoms with Gasteiger partial charge in [-0.05, 0) is 30.7 Å². The van der Waals surface area contributed by atoms with Gasteiger partial charge in [-0.15, -0.1) is 0 Å². The number of thioether (sulfide) groups is 1. The molecule has 3 aliphatic rings. The first kappa shape index (κ1) is 21.6. The molecule has 0 unspecified atom stereocenters. The molecule has 1 aromatic rings. The van der Waals surface area contributed by atoms with Gasteiger partial charge in [0.2, 0.25) is 5.91 Å². The molecule has 164 valence electrons. The Labute approximate surface area is 181 Å². The van der Waals surface area contributed by atoms with E-state index in [1.165, 1.54) is 11.8 Å². The van der Waals surface area contributed by atoms with E-state index in [-0.39, 0.29) is 28.7 Å². The summed E-state index contributed by atoms with van der Waals surface area (Å²) in [5.74, 6) is 0.385. The Bertz CT molecular complexity index is 883. The molecular weight excluding hydrogens is 424 g/mol. The molecule has 3 heterocycles. The van der Waals surface area contributed by atoms with Gasteiger partial charge in [0.15, 0.2) is 15.0 Å². The standard InChI is InChI=1S/C20H28N4O4S2/c25-19(21-6-1-7-24-8-10-28-11-9-24)12-15-2-4-16(5-3-15)22-20-23-17-13-30(26,27)14-18(17)29-20/h2-5,17-18H,1,6-14H2,(H,21,25)(H,22,23)/t17-,18-/m0/s1. The molecule has 2 fully saturated rings. The Morgan fingerprint density at radius 1 is 1.20 bits per heavy atom. The average Bonchev–Trinajstić information content (AvgIpc) is 3.20. The van der Waals surface area contributed by atoms with Crippen molar-refractivity contribution in [1.82, 2.24) is 10.2 Å². The van der Waals surface area contributed by atoms with E-state index in [2.05, 4.69) is 20.5 Å². The first-order chi connectivity index (χ1) is 14.5. The number of nitrogens with zero attached hydrogens (tertiary/aromatic N) is 2. The molecule has 1 aromatic carbocycles. The second kappa shape index (κ2) is 9.67. The van der Waals surface area contributed by atoms with Crippen molar-refractivity contribution in [3.05, 3.63) is 29.8 Å². The molecule has 0 saturated carbocycles. The number of amidine groups is 1. The normalized spacial score (nSPS) is 25.5. The summed E-state index contributed by atoms with van der Waals surface area (Å²) < 4.78 is 28.6. The van der Waals surface area contributed by atoms with Crippen molar-refractivity contribution in [2.45, 2.75) is 24.1 Å². The zero-order valence-electron chi connectivity index (χ0n) is 16.9. The molecule has 2 saturated heterocycles. The molecule has 1 amide bonds. The fraction of sp³-hybridized carbons (Fsp3) is 0.600. The summed E-state index contributed by atoms with van der Waals surface area (Å²) in [4.78, 5) is 19.0. The first-order valence-corrected chi connectivity index (χ1v) is 13.0. The smallest absolute Gasteiger partial charge is 0.224 e. The number of hydrogen-bond donors (Lipinski definition) is 2. The predicted octanol–water partition coefficient (Wildman–Crippen LogP) is 0.748. The molecule has 0 radical (unpaired) electrons.